The minimum atomic E-state index is -4.98. The zero-order chi connectivity index (χ0) is 17.8. The van der Waals surface area contributed by atoms with E-state index in [1.54, 1.807) is 0 Å². The molecular weight excluding hydrogens is 377 g/mol. The molecular formula is C18H32Cl2NSiTi. The molecule has 1 aromatic rings. The van der Waals surface area contributed by atoms with Gasteiger partial charge in [-0.2, -0.15) is 0 Å². The summed E-state index contributed by atoms with van der Waals surface area (Å²) in [4.78, 5) is 0. The number of rotatable bonds is 4. The zero-order valence-corrected chi connectivity index (χ0v) is 20.7. The molecule has 0 fully saturated rings. The number of hydrogen-bond acceptors (Lipinski definition) is 1. The van der Waals surface area contributed by atoms with Gasteiger partial charge in [-0.3, -0.25) is 0 Å². The summed E-state index contributed by atoms with van der Waals surface area (Å²) >= 11 is 0. The molecule has 1 nitrogen and oxygen atoms in total. The first-order valence-electron chi connectivity index (χ1n) is 8.71. The quantitative estimate of drug-likeness (QED) is 0.632. The fraction of sp³-hybridized carbons (Fsp3) is 0.556. The predicted molar refractivity (Wildman–Crippen MR) is 108 cm³/mol. The molecule has 5 heteroatoms. The van der Waals surface area contributed by atoms with Gasteiger partial charge in [0, 0.05) is 0 Å². The number of fused-ring (bicyclic) bond motifs is 1. The summed E-state index contributed by atoms with van der Waals surface area (Å²) in [5.41, 5.74) is 3.84. The van der Waals surface area contributed by atoms with E-state index < -0.39 is 10.1 Å². The molecule has 0 radical (unpaired) electrons. The van der Waals surface area contributed by atoms with E-state index in [2.05, 4.69) is 72.3 Å². The van der Waals surface area contributed by atoms with Crippen LogP contribution in [0, 0.1) is 0 Å². The summed E-state index contributed by atoms with van der Waals surface area (Å²) < 4.78 is 3.92. The van der Waals surface area contributed by atoms with Crippen LogP contribution in [0.2, 0.25) is 10.5 Å². The average Bonchev–Trinajstić information content (AvgIpc) is 2.62. The average molecular weight is 409 g/mol. The predicted octanol–water partition coefficient (Wildman–Crippen LogP) is 5.67. The molecule has 1 aromatic carbocycles. The van der Waals surface area contributed by atoms with Crippen LogP contribution in [0.1, 0.15) is 55.9 Å². The monoisotopic (exact) mass is 408 g/mol. The Morgan fingerprint density at radius 2 is 1.74 bits per heavy atom. The molecule has 1 atom stereocenters. The first-order chi connectivity index (χ1) is 9.98. The summed E-state index contributed by atoms with van der Waals surface area (Å²) in [6, 6.07) is 8.60. The fourth-order valence-electron chi connectivity index (χ4n) is 5.04. The topological polar surface area (TPSA) is 12.0 Å². The summed E-state index contributed by atoms with van der Waals surface area (Å²) in [6.45, 7) is 8.71. The van der Waals surface area contributed by atoms with E-state index >= 15 is 0 Å². The van der Waals surface area contributed by atoms with Crippen molar-refractivity contribution in [2.45, 2.75) is 60.8 Å². The van der Waals surface area contributed by atoms with Crippen molar-refractivity contribution in [1.29, 1.82) is 0 Å². The van der Waals surface area contributed by atoms with E-state index in [4.69, 9.17) is 18.6 Å². The molecule has 0 bridgehead atoms. The Bertz CT molecular complexity index is 688. The van der Waals surface area contributed by atoms with Gasteiger partial charge in [0.25, 0.3) is 0 Å². The van der Waals surface area contributed by atoms with Gasteiger partial charge in [0.1, 0.15) is 0 Å². The van der Waals surface area contributed by atoms with Crippen molar-refractivity contribution in [3.63, 3.8) is 0 Å². The molecule has 0 saturated heterocycles. The van der Waals surface area contributed by atoms with Crippen molar-refractivity contribution in [2.24, 2.45) is 0 Å². The van der Waals surface area contributed by atoms with Gasteiger partial charge in [-0.1, -0.05) is 0 Å². The maximum absolute atomic E-state index is 7.71. The van der Waals surface area contributed by atoms with Crippen molar-refractivity contribution in [1.82, 2.24) is 3.80 Å². The SMILES string of the molecule is CCCC1=Cc2ccccc2[CH]1[Ti]([CH3])([CH3])([SiH3])([Cl])([Cl])[NH]C(C)(C)C. The van der Waals surface area contributed by atoms with Crippen LogP contribution in [-0.2, 0) is 10.1 Å². The maximum atomic E-state index is 7.71. The van der Waals surface area contributed by atoms with Crippen LogP contribution >= 0.6 is 18.6 Å². The molecule has 0 aliphatic heterocycles. The van der Waals surface area contributed by atoms with Gasteiger partial charge in [-0.25, -0.2) is 0 Å². The van der Waals surface area contributed by atoms with Gasteiger partial charge in [0.15, 0.2) is 0 Å². The van der Waals surface area contributed by atoms with E-state index in [1.165, 1.54) is 16.7 Å². The molecule has 0 aromatic heterocycles. The van der Waals surface area contributed by atoms with E-state index in [1.807, 2.05) is 0 Å². The molecule has 1 aliphatic carbocycles. The van der Waals surface area contributed by atoms with Crippen molar-refractivity contribution < 1.29 is 10.1 Å². The summed E-state index contributed by atoms with van der Waals surface area (Å²) in [5.74, 6) is 0. The Kier molecular flexibility index (Phi) is 3.93. The Morgan fingerprint density at radius 1 is 1.17 bits per heavy atom. The van der Waals surface area contributed by atoms with E-state index in [0.717, 1.165) is 21.0 Å². The third kappa shape index (κ3) is 4.16. The Balaban J connectivity index is 2.77. The van der Waals surface area contributed by atoms with E-state index in [0.29, 0.717) is 0 Å². The number of nitrogens with one attached hydrogen (secondary N) is 1. The van der Waals surface area contributed by atoms with Crippen molar-refractivity contribution in [3.05, 3.63) is 41.0 Å². The van der Waals surface area contributed by atoms with Gasteiger partial charge in [0.2, 0.25) is 0 Å². The van der Waals surface area contributed by atoms with Crippen LogP contribution in [-0.4, -0.2) is 13.6 Å². The number of allylic oxidation sites excluding steroid dienone is 1. The van der Waals surface area contributed by atoms with Gasteiger partial charge < -0.3 is 0 Å². The Labute approximate surface area is 147 Å². The second-order valence-corrected chi connectivity index (χ2v) is 64.4. The fourth-order valence-corrected chi connectivity index (χ4v) is 26.0. The van der Waals surface area contributed by atoms with Crippen LogP contribution in [0.25, 0.3) is 6.08 Å². The molecule has 1 N–H and O–H groups in total. The molecule has 1 unspecified atom stereocenters. The molecule has 131 valence electrons. The van der Waals surface area contributed by atoms with Gasteiger partial charge in [-0.05, 0) is 0 Å². The van der Waals surface area contributed by atoms with E-state index in [9.17, 15) is 0 Å². The molecule has 2 rings (SSSR count). The Hall–Kier alpha value is 0.431. The standard InChI is InChI=1S/C12H13.C4H10N.2CH3.2ClH.H3Si.Ti/c1-2-5-10-8-11-6-3-4-7-12(11)9-10;1-4(2,3)5;;;;;;/h3-4,6-9H,2,5H2,1H3;5H,1-3H3;2*1H3;2*1H;1H3;/q;-1;;;;;;+3/p-2. The van der Waals surface area contributed by atoms with Crippen LogP contribution in [0.3, 0.4) is 0 Å². The molecule has 0 heterocycles. The second-order valence-electron chi connectivity index (χ2n) is 10.8. The minimum absolute atomic E-state index is 0.0956. The van der Waals surface area contributed by atoms with Crippen LogP contribution in [0.5, 0.6) is 0 Å². The van der Waals surface area contributed by atoms with Crippen molar-refractivity contribution in [2.75, 3.05) is 0 Å². The molecule has 0 saturated carbocycles. The first kappa shape index (κ1) is 19.8. The first-order valence-corrected chi connectivity index (χ1v) is 23.5. The van der Waals surface area contributed by atoms with Gasteiger partial charge >= 0.3 is 148 Å². The third-order valence-corrected chi connectivity index (χ3v) is 18.5. The van der Waals surface area contributed by atoms with Crippen molar-refractivity contribution >= 4 is 32.8 Å². The summed E-state index contributed by atoms with van der Waals surface area (Å²) in [6.07, 6.45) is 4.47. The second kappa shape index (κ2) is 4.58. The number of halogens is 2. The number of benzene rings is 1. The van der Waals surface area contributed by atoms with E-state index in [-0.39, 0.29) is 9.76 Å². The van der Waals surface area contributed by atoms with Crippen molar-refractivity contribution in [3.8, 4) is 0 Å². The summed E-state index contributed by atoms with van der Waals surface area (Å²) in [7, 11) is 11.1. The molecule has 23 heavy (non-hydrogen) atoms. The Morgan fingerprint density at radius 3 is 2.26 bits per heavy atom. The third-order valence-electron chi connectivity index (χ3n) is 4.70. The molecule has 0 amide bonds. The number of hydrogen-bond donors (Lipinski definition) is 1. The van der Waals surface area contributed by atoms with Gasteiger partial charge in [0.05, 0.1) is 0 Å². The van der Waals surface area contributed by atoms with Crippen LogP contribution in [0.15, 0.2) is 29.8 Å². The normalized spacial score (nSPS) is 23.4. The molecule has 0 spiro atoms. The summed E-state index contributed by atoms with van der Waals surface area (Å²) in [5, 5.41) is 4.35. The van der Waals surface area contributed by atoms with Gasteiger partial charge in [-0.15, -0.1) is 0 Å². The molecule has 1 aliphatic rings. The van der Waals surface area contributed by atoms with Crippen LogP contribution in [0.4, 0.5) is 0 Å². The zero-order valence-electron chi connectivity index (χ0n) is 15.6. The van der Waals surface area contributed by atoms with Crippen LogP contribution < -0.4 is 3.80 Å².